The van der Waals surface area contributed by atoms with Crippen molar-refractivity contribution in [2.24, 2.45) is 0 Å². The summed E-state index contributed by atoms with van der Waals surface area (Å²) < 4.78 is 152. The molecule has 2 rings (SSSR count). The second-order valence-corrected chi connectivity index (χ2v) is 4.67. The van der Waals surface area contributed by atoms with Gasteiger partial charge < -0.3 is 9.47 Å². The minimum atomic E-state index is -6.96. The number of alkyl halides is 9. The number of hydrogen-bond donors (Lipinski definition) is 0. The topological polar surface area (TPSA) is 18.5 Å². The van der Waals surface area contributed by atoms with Crippen molar-refractivity contribution in [1.82, 2.24) is 0 Å². The van der Waals surface area contributed by atoms with Crippen molar-refractivity contribution in [2.75, 3.05) is 0 Å². The van der Waals surface area contributed by atoms with Gasteiger partial charge in [-0.05, 0) is 6.92 Å². The molecule has 22 heavy (non-hydrogen) atoms. The van der Waals surface area contributed by atoms with Gasteiger partial charge in [0.15, 0.2) is 0 Å². The highest BCUT2D eigenvalue weighted by Crippen LogP contribution is 2.70. The summed E-state index contributed by atoms with van der Waals surface area (Å²) in [5.74, 6) is -32.3. The SMILES string of the molecule is CC1(F)C(F)(F)C(F)(F)C(F)(F)C(F)(F)C12OC(F)=C(F)O2. The van der Waals surface area contributed by atoms with Crippen LogP contribution in [0.3, 0.4) is 0 Å². The quantitative estimate of drug-likeness (QED) is 0.612. The molecule has 2 aliphatic rings. The maximum Gasteiger partial charge on any atom is 0.395 e. The molecule has 0 aromatic rings. The van der Waals surface area contributed by atoms with E-state index in [1.165, 1.54) is 0 Å². The molecule has 2 nitrogen and oxygen atoms in total. The summed E-state index contributed by atoms with van der Waals surface area (Å²) in [5.41, 5.74) is -5.44. The fourth-order valence-corrected chi connectivity index (χ4v) is 2.07. The molecule has 1 heterocycles. The molecule has 0 radical (unpaired) electrons. The van der Waals surface area contributed by atoms with Crippen LogP contribution in [0.4, 0.5) is 48.3 Å². The van der Waals surface area contributed by atoms with E-state index in [2.05, 4.69) is 9.47 Å². The zero-order valence-electron chi connectivity index (χ0n) is 9.97. The van der Waals surface area contributed by atoms with Crippen molar-refractivity contribution in [3.05, 3.63) is 12.0 Å². The van der Waals surface area contributed by atoms with E-state index in [4.69, 9.17) is 0 Å². The third kappa shape index (κ3) is 1.29. The Morgan fingerprint density at radius 2 is 0.909 bits per heavy atom. The molecule has 0 bridgehead atoms. The van der Waals surface area contributed by atoms with Crippen molar-refractivity contribution in [2.45, 2.75) is 42.1 Å². The molecule has 128 valence electrons. The van der Waals surface area contributed by atoms with Crippen LogP contribution in [0, 0.1) is 0 Å². The summed E-state index contributed by atoms with van der Waals surface area (Å²) in [5, 5.41) is 0. The second kappa shape index (κ2) is 3.72. The van der Waals surface area contributed by atoms with Gasteiger partial charge in [0, 0.05) is 0 Å². The van der Waals surface area contributed by atoms with Crippen LogP contribution in [0.25, 0.3) is 0 Å². The largest absolute Gasteiger partial charge is 0.414 e. The van der Waals surface area contributed by atoms with Crippen LogP contribution in [0.15, 0.2) is 12.0 Å². The third-order valence-corrected chi connectivity index (χ3v) is 3.43. The van der Waals surface area contributed by atoms with E-state index >= 15 is 0 Å². The second-order valence-electron chi connectivity index (χ2n) is 4.67. The standard InChI is InChI=1S/C9H3F11O2/c1-4(12)5(13,14)6(15,16)7(17,18)8(19,20)9(4)21-2(10)3(11)22-9/h1H3. The van der Waals surface area contributed by atoms with Crippen molar-refractivity contribution in [3.8, 4) is 0 Å². The molecular formula is C9H3F11O2. The van der Waals surface area contributed by atoms with Crippen LogP contribution in [0.2, 0.25) is 0 Å². The average Bonchev–Trinajstić information content (AvgIpc) is 2.65. The van der Waals surface area contributed by atoms with Crippen molar-refractivity contribution < 1.29 is 57.8 Å². The average molecular weight is 352 g/mol. The van der Waals surface area contributed by atoms with Gasteiger partial charge in [0.05, 0.1) is 0 Å². The molecule has 1 saturated carbocycles. The first-order valence-corrected chi connectivity index (χ1v) is 5.15. The first kappa shape index (κ1) is 16.9. The summed E-state index contributed by atoms with van der Waals surface area (Å²) in [6, 6.07) is -5.75. The Kier molecular flexibility index (Phi) is 2.87. The lowest BCUT2D eigenvalue weighted by atomic mass is 9.71. The van der Waals surface area contributed by atoms with Crippen LogP contribution in [-0.4, -0.2) is 35.1 Å². The predicted molar refractivity (Wildman–Crippen MR) is 43.4 cm³/mol. The fraction of sp³-hybridized carbons (Fsp3) is 0.778. The Bertz CT molecular complexity index is 504. The molecule has 0 aromatic carbocycles. The van der Waals surface area contributed by atoms with E-state index in [1.807, 2.05) is 0 Å². The van der Waals surface area contributed by atoms with E-state index in [1.54, 1.807) is 0 Å². The van der Waals surface area contributed by atoms with Crippen molar-refractivity contribution >= 4 is 0 Å². The van der Waals surface area contributed by atoms with Gasteiger partial charge in [-0.1, -0.05) is 0 Å². The molecule has 0 aromatic heterocycles. The highest BCUT2D eigenvalue weighted by atomic mass is 19.4. The van der Waals surface area contributed by atoms with Gasteiger partial charge in [0.25, 0.3) is 5.67 Å². The monoisotopic (exact) mass is 352 g/mol. The molecule has 1 unspecified atom stereocenters. The molecule has 13 heteroatoms. The molecule has 1 fully saturated rings. The predicted octanol–water partition coefficient (Wildman–Crippen LogP) is 4.08. The van der Waals surface area contributed by atoms with Gasteiger partial charge >= 0.3 is 41.5 Å². The number of ether oxygens (including phenoxy) is 2. The van der Waals surface area contributed by atoms with Crippen LogP contribution >= 0.6 is 0 Å². The number of hydrogen-bond acceptors (Lipinski definition) is 2. The zero-order valence-corrected chi connectivity index (χ0v) is 9.97. The highest BCUT2D eigenvalue weighted by molar-refractivity contribution is 5.28. The van der Waals surface area contributed by atoms with Gasteiger partial charge in [-0.15, -0.1) is 0 Å². The van der Waals surface area contributed by atoms with Gasteiger partial charge in [-0.25, -0.2) is 4.39 Å². The normalized spacial score (nSPS) is 36.9. The fourth-order valence-electron chi connectivity index (χ4n) is 2.07. The minimum absolute atomic E-state index is 0.726. The van der Waals surface area contributed by atoms with E-state index in [0.717, 1.165) is 0 Å². The summed E-state index contributed by atoms with van der Waals surface area (Å²) in [7, 11) is 0. The summed E-state index contributed by atoms with van der Waals surface area (Å²) in [6.07, 6.45) is 0. The zero-order chi connectivity index (χ0) is 17.6. The molecule has 1 aliphatic carbocycles. The molecule has 0 N–H and O–H groups in total. The smallest absolute Gasteiger partial charge is 0.395 e. The molecule has 1 spiro atoms. The van der Waals surface area contributed by atoms with Gasteiger partial charge in [-0.3, -0.25) is 0 Å². The maximum absolute atomic E-state index is 14.0. The first-order valence-electron chi connectivity index (χ1n) is 5.15. The van der Waals surface area contributed by atoms with Crippen molar-refractivity contribution in [3.63, 3.8) is 0 Å². The Hall–Kier alpha value is -1.43. The Labute approximate surface area is 113 Å². The van der Waals surface area contributed by atoms with Crippen LogP contribution in [0.1, 0.15) is 6.92 Å². The Morgan fingerprint density at radius 3 is 1.27 bits per heavy atom. The third-order valence-electron chi connectivity index (χ3n) is 3.43. The lowest BCUT2D eigenvalue weighted by Crippen LogP contribution is -2.85. The van der Waals surface area contributed by atoms with E-state index in [0.29, 0.717) is 0 Å². The lowest BCUT2D eigenvalue weighted by Gasteiger charge is -2.54. The molecule has 1 aliphatic heterocycles. The summed E-state index contributed by atoms with van der Waals surface area (Å²) in [4.78, 5) is 0. The van der Waals surface area contributed by atoms with E-state index < -0.39 is 54.1 Å². The summed E-state index contributed by atoms with van der Waals surface area (Å²) in [6.45, 7) is -0.726. The number of rotatable bonds is 0. The van der Waals surface area contributed by atoms with Crippen LogP contribution < -0.4 is 0 Å². The minimum Gasteiger partial charge on any atom is -0.414 e. The van der Waals surface area contributed by atoms with Crippen LogP contribution in [-0.2, 0) is 9.47 Å². The Balaban J connectivity index is 2.80. The van der Waals surface area contributed by atoms with Crippen molar-refractivity contribution in [1.29, 1.82) is 0 Å². The summed E-state index contributed by atoms with van der Waals surface area (Å²) >= 11 is 0. The molecule has 0 amide bonds. The highest BCUT2D eigenvalue weighted by Gasteiger charge is 3.01. The van der Waals surface area contributed by atoms with Gasteiger partial charge in [-0.2, -0.15) is 43.9 Å². The number of halogens is 11. The van der Waals surface area contributed by atoms with Crippen LogP contribution in [0.5, 0.6) is 0 Å². The molecular weight excluding hydrogens is 349 g/mol. The molecule has 0 saturated heterocycles. The van der Waals surface area contributed by atoms with E-state index in [-0.39, 0.29) is 0 Å². The first-order chi connectivity index (χ1) is 9.51. The van der Waals surface area contributed by atoms with Gasteiger partial charge in [0.1, 0.15) is 0 Å². The Morgan fingerprint density at radius 1 is 0.591 bits per heavy atom. The lowest BCUT2D eigenvalue weighted by molar-refractivity contribution is -0.507. The van der Waals surface area contributed by atoms with Gasteiger partial charge in [0.2, 0.25) is 0 Å². The maximum atomic E-state index is 14.0. The van der Waals surface area contributed by atoms with E-state index in [9.17, 15) is 48.3 Å². The molecule has 1 atom stereocenters.